The van der Waals surface area contributed by atoms with E-state index in [1.54, 1.807) is 0 Å². The van der Waals surface area contributed by atoms with Gasteiger partial charge in [0.1, 0.15) is 104 Å². The highest BCUT2D eigenvalue weighted by atomic mass is 16.8. The maximum absolute atomic E-state index is 12.4. The molecule has 0 aliphatic carbocycles. The van der Waals surface area contributed by atoms with E-state index in [0.29, 0.717) is 0 Å². The summed E-state index contributed by atoms with van der Waals surface area (Å²) >= 11 is 0. The molecule has 328 valence electrons. The average molecular weight is 831 g/mol. The molecule has 4 amide bonds. The molecule has 0 aromatic heterocycles. The molecule has 0 aromatic carbocycles. The molecule has 0 unspecified atom stereocenters. The Kier molecular flexibility index (Phi) is 18.4. The SMILES string of the molecule is CC(=O)N[C@H]1[C@H](O[C@@H]([C@H](O)[C@H](C=O)NC(C)=O)[C@H](O)CO)O[C@H](CO)[C@@H](O[C@@H]2O[C@H](CO)[C@@H](O[C@@H]3O[C@H](CO)[C@@H](O)[C@H](O)[C@H]3NC(C)=O)[C@H](O)[C@H]2NC(C)=O)[C@@H]1O. The van der Waals surface area contributed by atoms with Crippen LogP contribution in [0, 0.1) is 0 Å². The number of rotatable bonds is 18. The van der Waals surface area contributed by atoms with Gasteiger partial charge >= 0.3 is 0 Å². The van der Waals surface area contributed by atoms with Gasteiger partial charge < -0.3 is 106 Å². The molecular weight excluding hydrogens is 776 g/mol. The summed E-state index contributed by atoms with van der Waals surface area (Å²) in [5, 5.41) is 115. The minimum atomic E-state index is -2.05. The van der Waals surface area contributed by atoms with E-state index in [4.69, 9.17) is 28.4 Å². The topological polar surface area (TPSA) is 391 Å². The Morgan fingerprint density at radius 2 is 1.02 bits per heavy atom. The van der Waals surface area contributed by atoms with E-state index in [0.717, 1.165) is 27.7 Å². The number of carbonyl (C=O) groups excluding carboxylic acids is 5. The fourth-order valence-corrected chi connectivity index (χ4v) is 6.67. The highest BCUT2D eigenvalue weighted by Crippen LogP contribution is 2.33. The van der Waals surface area contributed by atoms with Crippen LogP contribution in [0.5, 0.6) is 0 Å². The first-order valence-electron chi connectivity index (χ1n) is 17.8. The molecule has 3 aliphatic rings. The lowest BCUT2D eigenvalue weighted by Crippen LogP contribution is -2.71. The summed E-state index contributed by atoms with van der Waals surface area (Å²) in [6.45, 7) is 0.406. The third-order valence-corrected chi connectivity index (χ3v) is 9.36. The lowest BCUT2D eigenvalue weighted by molar-refractivity contribution is -0.357. The van der Waals surface area contributed by atoms with Crippen molar-refractivity contribution in [2.45, 2.75) is 144 Å². The van der Waals surface area contributed by atoms with Crippen molar-refractivity contribution in [3.63, 3.8) is 0 Å². The van der Waals surface area contributed by atoms with Crippen LogP contribution in [0.4, 0.5) is 0 Å². The first-order chi connectivity index (χ1) is 26.8. The van der Waals surface area contributed by atoms with Gasteiger partial charge in [0, 0.05) is 27.7 Å². The molecule has 3 saturated heterocycles. The van der Waals surface area contributed by atoms with E-state index < -0.39 is 166 Å². The summed E-state index contributed by atoms with van der Waals surface area (Å²) in [5.41, 5.74) is 0. The van der Waals surface area contributed by atoms with Gasteiger partial charge in [0.2, 0.25) is 23.6 Å². The Labute approximate surface area is 325 Å². The number of aliphatic hydroxyl groups is 10. The maximum atomic E-state index is 12.4. The van der Waals surface area contributed by atoms with Gasteiger partial charge in [-0.25, -0.2) is 0 Å². The Balaban J connectivity index is 1.95. The van der Waals surface area contributed by atoms with E-state index in [2.05, 4.69) is 21.3 Å². The number of amides is 4. The number of aliphatic hydroxyl groups excluding tert-OH is 10. The molecule has 0 aromatic rings. The van der Waals surface area contributed by atoms with Gasteiger partial charge in [-0.05, 0) is 0 Å². The fraction of sp³-hybridized carbons (Fsp3) is 0.844. The maximum Gasteiger partial charge on any atom is 0.217 e. The second kappa shape index (κ2) is 21.8. The van der Waals surface area contributed by atoms with Crippen molar-refractivity contribution in [3.05, 3.63) is 0 Å². The lowest BCUT2D eigenvalue weighted by atomic mass is 9.93. The minimum Gasteiger partial charge on any atom is -0.394 e. The second-order valence-corrected chi connectivity index (χ2v) is 13.7. The standard InChI is InChI=1S/C32H54N4O21/c1-10(42)33-14(5-37)22(47)27(15(46)6-38)55-31-20(35-12(3)44)25(50)29(17(8-40)53-31)57-32-21(36-13(4)45)26(51)28(18(9-41)54-32)56-30-19(34-11(2)43)24(49)23(48)16(7-39)52-30/h5,14-32,38-41,46-51H,6-9H2,1-4H3,(H,33,42)(H,34,43)(H,35,44)(H,36,45)/t14-,15+,16+,17+,18+,19+,20+,21+,22+,23+,24+,25+,26+,27+,28+,29+,30-,31-,32-/m0/s1. The molecule has 0 radical (unpaired) electrons. The molecule has 0 saturated carbocycles. The summed E-state index contributed by atoms with van der Waals surface area (Å²) in [5.74, 6) is -3.03. The van der Waals surface area contributed by atoms with E-state index in [9.17, 15) is 75.0 Å². The number of carbonyl (C=O) groups is 5. The average Bonchev–Trinajstić information content (AvgIpc) is 3.15. The highest BCUT2D eigenvalue weighted by Gasteiger charge is 2.55. The fourth-order valence-electron chi connectivity index (χ4n) is 6.67. The monoisotopic (exact) mass is 830 g/mol. The predicted octanol–water partition coefficient (Wildman–Crippen LogP) is -9.33. The number of hydrogen-bond donors (Lipinski definition) is 14. The number of hydrogen-bond acceptors (Lipinski definition) is 21. The first-order valence-corrected chi connectivity index (χ1v) is 17.8. The molecule has 25 heteroatoms. The zero-order valence-electron chi connectivity index (χ0n) is 31.3. The van der Waals surface area contributed by atoms with Crippen LogP contribution in [0.1, 0.15) is 27.7 Å². The summed E-state index contributed by atoms with van der Waals surface area (Å²) in [7, 11) is 0. The molecule has 25 nitrogen and oxygen atoms in total. The van der Waals surface area contributed by atoms with E-state index in [1.807, 2.05) is 0 Å². The molecule has 0 bridgehead atoms. The largest absolute Gasteiger partial charge is 0.394 e. The molecular formula is C32H54N4O21. The molecule has 3 aliphatic heterocycles. The van der Waals surface area contributed by atoms with Crippen molar-refractivity contribution in [2.24, 2.45) is 0 Å². The van der Waals surface area contributed by atoms with Crippen LogP contribution < -0.4 is 21.3 Å². The van der Waals surface area contributed by atoms with E-state index >= 15 is 0 Å². The van der Waals surface area contributed by atoms with Crippen molar-refractivity contribution in [1.82, 2.24) is 21.3 Å². The summed E-state index contributed by atoms with van der Waals surface area (Å²) in [6.07, 6.45) is -26.7. The summed E-state index contributed by atoms with van der Waals surface area (Å²) in [4.78, 5) is 59.9. The second-order valence-electron chi connectivity index (χ2n) is 13.7. The van der Waals surface area contributed by atoms with Crippen LogP contribution in [0.2, 0.25) is 0 Å². The van der Waals surface area contributed by atoms with E-state index in [1.165, 1.54) is 0 Å². The zero-order chi connectivity index (χ0) is 42.9. The van der Waals surface area contributed by atoms with Gasteiger partial charge in [0.25, 0.3) is 0 Å². The molecule has 3 heterocycles. The van der Waals surface area contributed by atoms with Gasteiger partial charge in [0.05, 0.1) is 26.4 Å². The van der Waals surface area contributed by atoms with E-state index in [-0.39, 0.29) is 6.29 Å². The van der Waals surface area contributed by atoms with Gasteiger partial charge in [-0.3, -0.25) is 19.2 Å². The third-order valence-electron chi connectivity index (χ3n) is 9.36. The van der Waals surface area contributed by atoms with Crippen molar-refractivity contribution in [1.29, 1.82) is 0 Å². The number of ether oxygens (including phenoxy) is 6. The molecule has 19 atom stereocenters. The van der Waals surface area contributed by atoms with Gasteiger partial charge in [-0.15, -0.1) is 0 Å². The smallest absolute Gasteiger partial charge is 0.217 e. The number of aldehydes is 1. The quantitative estimate of drug-likeness (QED) is 0.0570. The molecule has 0 spiro atoms. The van der Waals surface area contributed by atoms with Crippen LogP contribution >= 0.6 is 0 Å². The van der Waals surface area contributed by atoms with Crippen molar-refractivity contribution < 1.29 is 103 Å². The number of nitrogens with one attached hydrogen (secondary N) is 4. The first kappa shape index (κ1) is 48.3. The van der Waals surface area contributed by atoms with Crippen LogP contribution in [-0.4, -0.2) is 224 Å². The van der Waals surface area contributed by atoms with Gasteiger partial charge in [-0.1, -0.05) is 0 Å². The van der Waals surface area contributed by atoms with Crippen LogP contribution in [0.25, 0.3) is 0 Å². The Morgan fingerprint density at radius 1 is 0.614 bits per heavy atom. The minimum absolute atomic E-state index is 0.122. The molecule has 3 fully saturated rings. The molecule has 57 heavy (non-hydrogen) atoms. The van der Waals surface area contributed by atoms with Crippen LogP contribution in [0.15, 0.2) is 0 Å². The Morgan fingerprint density at radius 3 is 1.40 bits per heavy atom. The summed E-state index contributed by atoms with van der Waals surface area (Å²) < 4.78 is 34.8. The molecule has 14 N–H and O–H groups in total. The Hall–Kier alpha value is -3.09. The normalized spacial score (nSPS) is 37.8. The predicted molar refractivity (Wildman–Crippen MR) is 181 cm³/mol. The Bertz CT molecular complexity index is 1350. The van der Waals surface area contributed by atoms with Crippen molar-refractivity contribution in [2.75, 3.05) is 26.4 Å². The van der Waals surface area contributed by atoms with Crippen LogP contribution in [0.3, 0.4) is 0 Å². The van der Waals surface area contributed by atoms with Crippen LogP contribution in [-0.2, 0) is 52.4 Å². The third kappa shape index (κ3) is 12.0. The summed E-state index contributed by atoms with van der Waals surface area (Å²) in [6, 6.07) is -6.52. The van der Waals surface area contributed by atoms with Crippen molar-refractivity contribution in [3.8, 4) is 0 Å². The van der Waals surface area contributed by atoms with Gasteiger partial charge in [-0.2, -0.15) is 0 Å². The van der Waals surface area contributed by atoms with Crippen molar-refractivity contribution >= 4 is 29.9 Å². The highest BCUT2D eigenvalue weighted by molar-refractivity contribution is 5.77. The lowest BCUT2D eigenvalue weighted by Gasteiger charge is -2.50. The zero-order valence-corrected chi connectivity index (χ0v) is 31.3. The van der Waals surface area contributed by atoms with Gasteiger partial charge in [0.15, 0.2) is 18.9 Å². The molecule has 3 rings (SSSR count).